The van der Waals surface area contributed by atoms with Gasteiger partial charge in [0.25, 0.3) is 5.91 Å². The number of benzene rings is 1. The molecule has 34 heavy (non-hydrogen) atoms. The summed E-state index contributed by atoms with van der Waals surface area (Å²) < 4.78 is 58.5. The van der Waals surface area contributed by atoms with Crippen molar-refractivity contribution in [2.75, 3.05) is 0 Å². The molecule has 2 saturated heterocycles. The molecule has 2 unspecified atom stereocenters. The van der Waals surface area contributed by atoms with Crippen LogP contribution in [-0.4, -0.2) is 65.2 Å². The molecule has 0 amide bonds. The van der Waals surface area contributed by atoms with Gasteiger partial charge in [0.15, 0.2) is 12.4 Å². The molecule has 2 fully saturated rings. The van der Waals surface area contributed by atoms with Gasteiger partial charge in [-0.3, -0.25) is 4.74 Å². The van der Waals surface area contributed by atoms with Crippen molar-refractivity contribution in [2.45, 2.75) is 37.1 Å². The zero-order chi connectivity index (χ0) is 25.3. The van der Waals surface area contributed by atoms with Crippen LogP contribution in [0.15, 0.2) is 18.3 Å². The number of hydrogen-bond acceptors (Lipinski definition) is 11. The first kappa shape index (κ1) is 26.6. The maximum absolute atomic E-state index is 12.6. The molecule has 190 valence electrons. The van der Waals surface area contributed by atoms with Gasteiger partial charge in [-0.05, 0) is 29.3 Å². The monoisotopic (exact) mass is 585 g/mol. The van der Waals surface area contributed by atoms with Gasteiger partial charge < -0.3 is 39.4 Å². The van der Waals surface area contributed by atoms with E-state index in [1.807, 2.05) is 0 Å². The fourth-order valence-corrected chi connectivity index (χ4v) is 7.19. The summed E-state index contributed by atoms with van der Waals surface area (Å²) in [6.07, 6.45) is -3.73. The molecule has 3 heterocycles. The maximum Gasteiger partial charge on any atom is 0.490 e. The van der Waals surface area contributed by atoms with Gasteiger partial charge in [-0.15, -0.1) is 0 Å². The molecule has 15 nitrogen and oxygen atoms in total. The quantitative estimate of drug-likeness (QED) is 0.248. The number of aliphatic hydroxyl groups excluding tert-OH is 2. The van der Waals surface area contributed by atoms with Crippen LogP contribution in [0.2, 0.25) is 10.0 Å². The van der Waals surface area contributed by atoms with E-state index in [1.54, 1.807) is 6.07 Å². The maximum atomic E-state index is 12.6. The number of ether oxygens (including phenoxy) is 2. The standard InChI is InChI=1S/C14H16Cl2NO14P3/c15-8-3-6-1-2-17(5-7(6)4-9(8)16)14(12-10(18)11(19)13(27-12)28-14)29-33(23,24)31-34(25,26)30-32(20,21)22/h1-4,10-13,18-19H,5H2,(H,23,24)(H,25,26)(H2,20,21,22)/t10-,11+,12+,13+,14+/m0/s1. The number of halogens is 2. The number of rotatable bonds is 7. The van der Waals surface area contributed by atoms with E-state index in [9.17, 15) is 33.7 Å². The molecule has 2 bridgehead atoms. The Morgan fingerprint density at radius 1 is 1.00 bits per heavy atom. The molecule has 0 radical (unpaired) electrons. The topological polar surface area (TPSA) is 222 Å². The zero-order valence-electron chi connectivity index (χ0n) is 16.3. The van der Waals surface area contributed by atoms with Crippen LogP contribution < -0.4 is 0 Å². The number of nitrogens with zero attached hydrogens (tertiary/aromatic N) is 1. The van der Waals surface area contributed by atoms with E-state index in [1.165, 1.54) is 18.3 Å². The lowest BCUT2D eigenvalue weighted by atomic mass is 10.00. The highest BCUT2D eigenvalue weighted by molar-refractivity contribution is 7.66. The molecule has 4 rings (SSSR count). The van der Waals surface area contributed by atoms with E-state index in [2.05, 4.69) is 8.62 Å². The highest BCUT2D eigenvalue weighted by Crippen LogP contribution is 2.68. The Bertz CT molecular complexity index is 1170. The molecule has 6 N–H and O–H groups in total. The molecular weight excluding hydrogens is 570 g/mol. The van der Waals surface area contributed by atoms with Gasteiger partial charge in [-0.25, -0.2) is 18.2 Å². The first-order valence-corrected chi connectivity index (χ1v) is 14.3. The lowest BCUT2D eigenvalue weighted by Crippen LogP contribution is -2.62. The van der Waals surface area contributed by atoms with Crippen molar-refractivity contribution in [3.8, 4) is 0 Å². The van der Waals surface area contributed by atoms with Crippen molar-refractivity contribution >= 4 is 52.7 Å². The van der Waals surface area contributed by atoms with Crippen molar-refractivity contribution in [3.05, 3.63) is 39.5 Å². The third-order valence-corrected chi connectivity index (χ3v) is 9.43. The summed E-state index contributed by atoms with van der Waals surface area (Å²) in [5.74, 6) is -2.53. The molecule has 0 aromatic heterocycles. The minimum atomic E-state index is -5.85. The number of phosphoric ester groups is 1. The second-order valence-corrected chi connectivity index (χ2v) is 12.4. The minimum absolute atomic E-state index is 0.159. The van der Waals surface area contributed by atoms with Gasteiger partial charge in [0.2, 0.25) is 0 Å². The fourth-order valence-electron chi connectivity index (χ4n) is 3.61. The molecule has 3 aliphatic rings. The van der Waals surface area contributed by atoms with Gasteiger partial charge in [0.05, 0.1) is 10.0 Å². The summed E-state index contributed by atoms with van der Waals surface area (Å²) in [4.78, 5) is 38.1. The predicted octanol–water partition coefficient (Wildman–Crippen LogP) is 1.25. The Morgan fingerprint density at radius 2 is 1.65 bits per heavy atom. The molecule has 3 aliphatic heterocycles. The average molecular weight is 586 g/mol. The number of hydrogen-bond donors (Lipinski definition) is 6. The first-order chi connectivity index (χ1) is 15.5. The summed E-state index contributed by atoms with van der Waals surface area (Å²) in [5, 5.41) is 20.7. The SMILES string of the molecule is O=P(O)(O)OP(=O)(O)OP(=O)(O)O[C@]1(N2C=Cc3cc(Cl)c(Cl)cc3C2)O[C@H]2O[C@@H]1[C@@H](O)[C@H]2O. The molecule has 0 spiro atoms. The van der Waals surface area contributed by atoms with Crippen LogP contribution in [0, 0.1) is 0 Å². The Labute approximate surface area is 200 Å². The molecule has 7 atom stereocenters. The van der Waals surface area contributed by atoms with Crippen LogP contribution in [0.25, 0.3) is 6.08 Å². The van der Waals surface area contributed by atoms with E-state index in [4.69, 9.17) is 47.0 Å². The highest BCUT2D eigenvalue weighted by atomic mass is 35.5. The van der Waals surface area contributed by atoms with Crippen molar-refractivity contribution in [1.29, 1.82) is 0 Å². The lowest BCUT2D eigenvalue weighted by molar-refractivity contribution is -0.308. The Morgan fingerprint density at radius 3 is 2.24 bits per heavy atom. The van der Waals surface area contributed by atoms with E-state index >= 15 is 0 Å². The third kappa shape index (κ3) is 5.17. The number of aliphatic hydroxyl groups is 2. The molecule has 1 aromatic rings. The Hall–Kier alpha value is -0.410. The van der Waals surface area contributed by atoms with Gasteiger partial charge in [-0.1, -0.05) is 23.2 Å². The van der Waals surface area contributed by atoms with E-state index in [0.29, 0.717) is 11.1 Å². The molecule has 1 aromatic carbocycles. The zero-order valence-corrected chi connectivity index (χ0v) is 20.5. The second kappa shape index (κ2) is 8.86. The molecule has 20 heteroatoms. The number of fused-ring (bicyclic) bond motifs is 3. The van der Waals surface area contributed by atoms with Crippen LogP contribution >= 0.6 is 46.7 Å². The largest absolute Gasteiger partial charge is 0.490 e. The van der Waals surface area contributed by atoms with Crippen LogP contribution in [0.4, 0.5) is 0 Å². The van der Waals surface area contributed by atoms with Crippen molar-refractivity contribution < 1.29 is 66.1 Å². The summed E-state index contributed by atoms with van der Waals surface area (Å²) >= 11 is 12.1. The van der Waals surface area contributed by atoms with Crippen LogP contribution in [0.1, 0.15) is 11.1 Å². The molecule has 0 aliphatic carbocycles. The minimum Gasteiger partial charge on any atom is -0.387 e. The van der Waals surface area contributed by atoms with Crippen LogP contribution in [0.3, 0.4) is 0 Å². The second-order valence-electron chi connectivity index (χ2n) is 7.25. The van der Waals surface area contributed by atoms with Crippen LogP contribution in [0.5, 0.6) is 0 Å². The van der Waals surface area contributed by atoms with Crippen LogP contribution in [-0.2, 0) is 42.9 Å². The predicted molar refractivity (Wildman–Crippen MR) is 110 cm³/mol. The van der Waals surface area contributed by atoms with Crippen molar-refractivity contribution in [3.63, 3.8) is 0 Å². The van der Waals surface area contributed by atoms with Gasteiger partial charge in [0, 0.05) is 12.7 Å². The van der Waals surface area contributed by atoms with Gasteiger partial charge in [-0.2, -0.15) is 8.62 Å². The van der Waals surface area contributed by atoms with Crippen molar-refractivity contribution in [2.24, 2.45) is 0 Å². The smallest absolute Gasteiger partial charge is 0.387 e. The van der Waals surface area contributed by atoms with E-state index in [-0.39, 0.29) is 16.6 Å². The Balaban J connectivity index is 1.68. The molecular formula is C14H16Cl2NO14P3. The van der Waals surface area contributed by atoms with E-state index < -0.39 is 54.0 Å². The summed E-state index contributed by atoms with van der Waals surface area (Å²) in [6, 6.07) is 3.02. The summed E-state index contributed by atoms with van der Waals surface area (Å²) in [6.45, 7) is -0.159. The average Bonchev–Trinajstić information content (AvgIpc) is 3.15. The number of phosphoric acid groups is 3. The lowest BCUT2D eigenvalue weighted by Gasteiger charge is -2.45. The molecule has 0 saturated carbocycles. The van der Waals surface area contributed by atoms with Crippen molar-refractivity contribution in [1.82, 2.24) is 4.90 Å². The summed E-state index contributed by atoms with van der Waals surface area (Å²) in [7, 11) is -17.2. The fraction of sp³-hybridized carbons (Fsp3) is 0.429. The third-order valence-electron chi connectivity index (χ3n) is 4.88. The van der Waals surface area contributed by atoms with Gasteiger partial charge in [0.1, 0.15) is 12.2 Å². The summed E-state index contributed by atoms with van der Waals surface area (Å²) in [5.41, 5.74) is 1.11. The highest BCUT2D eigenvalue weighted by Gasteiger charge is 2.69. The van der Waals surface area contributed by atoms with Gasteiger partial charge >= 0.3 is 23.5 Å². The first-order valence-electron chi connectivity index (χ1n) is 8.99. The normalized spacial score (nSPS) is 34.1. The Kier molecular flexibility index (Phi) is 6.94. The van der Waals surface area contributed by atoms with E-state index in [0.717, 1.165) is 4.90 Å².